The summed E-state index contributed by atoms with van der Waals surface area (Å²) in [6.07, 6.45) is 5.43. The lowest BCUT2D eigenvalue weighted by atomic mass is 9.90. The van der Waals surface area contributed by atoms with Gasteiger partial charge in [-0.15, -0.1) is 0 Å². The number of rotatable bonds is 2. The molecule has 1 aliphatic carbocycles. The second-order valence-electron chi connectivity index (χ2n) is 3.02. The third kappa shape index (κ3) is 2.24. The third-order valence-corrected chi connectivity index (χ3v) is 3.40. The lowest BCUT2D eigenvalue weighted by Gasteiger charge is -2.26. The van der Waals surface area contributed by atoms with Crippen LogP contribution < -0.4 is 0 Å². The quantitative estimate of drug-likeness (QED) is 0.632. The molecule has 0 heterocycles. The number of ether oxygens (including phenoxy) is 1. The molecule has 0 aliphatic heterocycles. The SMILES string of the molecule is COC[C@@H]1CCCC[C@H]1Br. The van der Waals surface area contributed by atoms with E-state index in [0.29, 0.717) is 4.83 Å². The molecule has 1 nitrogen and oxygen atoms in total. The molecule has 0 aromatic carbocycles. The van der Waals surface area contributed by atoms with Crippen LogP contribution in [0.5, 0.6) is 0 Å². The van der Waals surface area contributed by atoms with E-state index >= 15 is 0 Å². The van der Waals surface area contributed by atoms with Gasteiger partial charge in [0.15, 0.2) is 0 Å². The molecule has 2 atom stereocenters. The minimum absolute atomic E-state index is 0.709. The lowest BCUT2D eigenvalue weighted by molar-refractivity contribution is 0.136. The van der Waals surface area contributed by atoms with Crippen LogP contribution >= 0.6 is 15.9 Å². The van der Waals surface area contributed by atoms with Gasteiger partial charge in [0.25, 0.3) is 0 Å². The normalized spacial score (nSPS) is 34.2. The van der Waals surface area contributed by atoms with Gasteiger partial charge in [-0.3, -0.25) is 0 Å². The van der Waals surface area contributed by atoms with Crippen molar-refractivity contribution in [3.8, 4) is 0 Å². The molecule has 0 N–H and O–H groups in total. The molecule has 0 aromatic heterocycles. The zero-order valence-corrected chi connectivity index (χ0v) is 8.06. The van der Waals surface area contributed by atoms with Crippen LogP contribution in [0, 0.1) is 5.92 Å². The predicted molar refractivity (Wildman–Crippen MR) is 46.5 cm³/mol. The van der Waals surface area contributed by atoms with Crippen LogP contribution in [-0.4, -0.2) is 18.5 Å². The monoisotopic (exact) mass is 206 g/mol. The summed E-state index contributed by atoms with van der Waals surface area (Å²) in [6.45, 7) is 0.927. The van der Waals surface area contributed by atoms with Gasteiger partial charge in [-0.05, 0) is 18.8 Å². The number of alkyl halides is 1. The Hall–Kier alpha value is 0.440. The zero-order valence-electron chi connectivity index (χ0n) is 6.48. The Labute approximate surface area is 71.3 Å². The van der Waals surface area contributed by atoms with Crippen molar-refractivity contribution in [3.63, 3.8) is 0 Å². The molecule has 0 saturated heterocycles. The fraction of sp³-hybridized carbons (Fsp3) is 1.00. The molecule has 1 saturated carbocycles. The highest BCUT2D eigenvalue weighted by Crippen LogP contribution is 2.29. The van der Waals surface area contributed by atoms with E-state index in [2.05, 4.69) is 15.9 Å². The maximum absolute atomic E-state index is 5.12. The van der Waals surface area contributed by atoms with Crippen molar-refractivity contribution in [2.75, 3.05) is 13.7 Å². The van der Waals surface area contributed by atoms with E-state index in [1.165, 1.54) is 25.7 Å². The maximum atomic E-state index is 5.12. The molecule has 0 spiro atoms. The topological polar surface area (TPSA) is 9.23 Å². The van der Waals surface area contributed by atoms with Gasteiger partial charge in [0.1, 0.15) is 0 Å². The van der Waals surface area contributed by atoms with Crippen molar-refractivity contribution in [1.82, 2.24) is 0 Å². The first kappa shape index (κ1) is 8.54. The first-order valence-corrected chi connectivity index (χ1v) is 4.89. The Morgan fingerprint density at radius 1 is 1.40 bits per heavy atom. The molecule has 2 heteroatoms. The van der Waals surface area contributed by atoms with E-state index in [1.54, 1.807) is 7.11 Å². The van der Waals surface area contributed by atoms with Crippen LogP contribution in [0.3, 0.4) is 0 Å². The molecule has 1 fully saturated rings. The first-order chi connectivity index (χ1) is 4.84. The Morgan fingerprint density at radius 2 is 2.10 bits per heavy atom. The van der Waals surface area contributed by atoms with Gasteiger partial charge in [-0.1, -0.05) is 28.8 Å². The Bertz CT molecular complexity index is 93.3. The molecule has 0 bridgehead atoms. The maximum Gasteiger partial charge on any atom is 0.0501 e. The van der Waals surface area contributed by atoms with Crippen molar-refractivity contribution in [2.45, 2.75) is 30.5 Å². The number of hydrogen-bond acceptors (Lipinski definition) is 1. The summed E-state index contributed by atoms with van der Waals surface area (Å²) in [7, 11) is 1.79. The summed E-state index contributed by atoms with van der Waals surface area (Å²) in [4.78, 5) is 0.709. The number of hydrogen-bond donors (Lipinski definition) is 0. The van der Waals surface area contributed by atoms with Crippen molar-refractivity contribution in [3.05, 3.63) is 0 Å². The van der Waals surface area contributed by atoms with E-state index in [1.807, 2.05) is 0 Å². The van der Waals surface area contributed by atoms with E-state index < -0.39 is 0 Å². The van der Waals surface area contributed by atoms with Gasteiger partial charge in [0, 0.05) is 11.9 Å². The van der Waals surface area contributed by atoms with Gasteiger partial charge >= 0.3 is 0 Å². The largest absolute Gasteiger partial charge is 0.384 e. The zero-order chi connectivity index (χ0) is 7.40. The van der Waals surface area contributed by atoms with E-state index in [0.717, 1.165) is 12.5 Å². The highest BCUT2D eigenvalue weighted by atomic mass is 79.9. The summed E-state index contributed by atoms with van der Waals surface area (Å²) in [5.41, 5.74) is 0. The number of halogens is 1. The molecule has 60 valence electrons. The van der Waals surface area contributed by atoms with Gasteiger partial charge in [-0.2, -0.15) is 0 Å². The van der Waals surface area contributed by atoms with Crippen molar-refractivity contribution >= 4 is 15.9 Å². The van der Waals surface area contributed by atoms with Crippen molar-refractivity contribution < 1.29 is 4.74 Å². The summed E-state index contributed by atoms with van der Waals surface area (Å²) in [6, 6.07) is 0. The van der Waals surface area contributed by atoms with Crippen molar-refractivity contribution in [2.24, 2.45) is 5.92 Å². The van der Waals surface area contributed by atoms with Crippen LogP contribution in [0.1, 0.15) is 25.7 Å². The summed E-state index contributed by atoms with van der Waals surface area (Å²) >= 11 is 3.68. The summed E-state index contributed by atoms with van der Waals surface area (Å²) in [5.74, 6) is 0.763. The van der Waals surface area contributed by atoms with Crippen molar-refractivity contribution in [1.29, 1.82) is 0 Å². The highest BCUT2D eigenvalue weighted by molar-refractivity contribution is 9.09. The van der Waals surface area contributed by atoms with Gasteiger partial charge in [0.2, 0.25) is 0 Å². The van der Waals surface area contributed by atoms with Gasteiger partial charge in [-0.25, -0.2) is 0 Å². The van der Waals surface area contributed by atoms with Crippen LogP contribution in [0.15, 0.2) is 0 Å². The average molecular weight is 207 g/mol. The first-order valence-electron chi connectivity index (χ1n) is 3.97. The second kappa shape index (κ2) is 4.35. The molecule has 10 heavy (non-hydrogen) atoms. The summed E-state index contributed by atoms with van der Waals surface area (Å²) < 4.78 is 5.12. The van der Waals surface area contributed by atoms with Crippen LogP contribution in [0.4, 0.5) is 0 Å². The molecule has 1 rings (SSSR count). The molecule has 0 amide bonds. The molecule has 1 aliphatic rings. The summed E-state index contributed by atoms with van der Waals surface area (Å²) in [5, 5.41) is 0. The predicted octanol–water partition coefficient (Wildman–Crippen LogP) is 2.59. The Kier molecular flexibility index (Phi) is 3.71. The minimum atomic E-state index is 0.709. The van der Waals surface area contributed by atoms with Gasteiger partial charge in [0.05, 0.1) is 6.61 Å². The minimum Gasteiger partial charge on any atom is -0.384 e. The van der Waals surface area contributed by atoms with Crippen LogP contribution in [-0.2, 0) is 4.74 Å². The fourth-order valence-electron chi connectivity index (χ4n) is 1.56. The van der Waals surface area contributed by atoms with Crippen LogP contribution in [0.2, 0.25) is 0 Å². The average Bonchev–Trinajstić information content (AvgIpc) is 1.94. The molecule has 0 radical (unpaired) electrons. The molecular formula is C8H15BrO. The highest BCUT2D eigenvalue weighted by Gasteiger charge is 2.21. The van der Waals surface area contributed by atoms with E-state index in [-0.39, 0.29) is 0 Å². The Morgan fingerprint density at radius 3 is 2.70 bits per heavy atom. The van der Waals surface area contributed by atoms with E-state index in [4.69, 9.17) is 4.74 Å². The smallest absolute Gasteiger partial charge is 0.0501 e. The van der Waals surface area contributed by atoms with Gasteiger partial charge < -0.3 is 4.74 Å². The molecular weight excluding hydrogens is 192 g/mol. The van der Waals surface area contributed by atoms with E-state index in [9.17, 15) is 0 Å². The second-order valence-corrected chi connectivity index (χ2v) is 4.19. The van der Waals surface area contributed by atoms with Crippen LogP contribution in [0.25, 0.3) is 0 Å². The lowest BCUT2D eigenvalue weighted by Crippen LogP contribution is -2.23. The fourth-order valence-corrected chi connectivity index (χ4v) is 2.30. The molecule has 0 unspecified atom stereocenters. The Balaban J connectivity index is 2.25. The standard InChI is InChI=1S/C8H15BrO/c1-10-6-7-4-2-3-5-8(7)9/h7-8H,2-6H2,1H3/t7-,8+/m0/s1. The third-order valence-electron chi connectivity index (χ3n) is 2.20. The molecule has 0 aromatic rings. The number of methoxy groups -OCH3 is 1.